The summed E-state index contributed by atoms with van der Waals surface area (Å²) < 4.78 is 78.9. The van der Waals surface area contributed by atoms with Crippen LogP contribution in [0.1, 0.15) is 42.4 Å². The highest BCUT2D eigenvalue weighted by molar-refractivity contribution is 5.96. The third-order valence-electron chi connectivity index (χ3n) is 5.94. The molecule has 0 saturated heterocycles. The zero-order valence-corrected chi connectivity index (χ0v) is 17.4. The van der Waals surface area contributed by atoms with Gasteiger partial charge < -0.3 is 10.4 Å². The van der Waals surface area contributed by atoms with E-state index in [1.165, 1.54) is 12.1 Å². The first-order chi connectivity index (χ1) is 15.2. The fourth-order valence-electron chi connectivity index (χ4n) is 3.72. The summed E-state index contributed by atoms with van der Waals surface area (Å²) in [7, 11) is 0. The maximum absolute atomic E-state index is 13.5. The van der Waals surface area contributed by atoms with Crippen LogP contribution in [0.3, 0.4) is 0 Å². The van der Waals surface area contributed by atoms with E-state index in [-0.39, 0.29) is 17.7 Å². The Bertz CT molecular complexity index is 1030. The maximum atomic E-state index is 13.5. The Balaban J connectivity index is 1.85. The average molecular weight is 473 g/mol. The van der Waals surface area contributed by atoms with Gasteiger partial charge in [-0.1, -0.05) is 31.2 Å². The van der Waals surface area contributed by atoms with Crippen LogP contribution in [0.15, 0.2) is 48.5 Å². The van der Waals surface area contributed by atoms with Crippen LogP contribution in [0.4, 0.5) is 32.0 Å². The highest BCUT2D eigenvalue weighted by atomic mass is 19.4. The molecule has 2 unspecified atom stereocenters. The topological polar surface area (TPSA) is 66.4 Å². The fourth-order valence-corrected chi connectivity index (χ4v) is 3.72. The molecule has 1 aliphatic rings. The van der Waals surface area contributed by atoms with Gasteiger partial charge in [0.1, 0.15) is 0 Å². The van der Waals surface area contributed by atoms with Gasteiger partial charge in [0.2, 0.25) is 5.91 Å². The number of halogens is 6. The number of carboxylic acids is 1. The third kappa shape index (κ3) is 5.66. The summed E-state index contributed by atoms with van der Waals surface area (Å²) in [5.74, 6) is -5.92. The molecule has 4 nitrogen and oxygen atoms in total. The minimum atomic E-state index is -4.77. The van der Waals surface area contributed by atoms with Crippen molar-refractivity contribution < 1.29 is 41.0 Å². The number of amides is 1. The van der Waals surface area contributed by atoms with Crippen LogP contribution in [-0.4, -0.2) is 23.2 Å². The SMILES string of the molecule is CC(C(C(=O)Nc1cccc(CC2(C(=O)O)CC2)c1)c1ccc(C(F)(F)F)cc1)C(F)(F)F. The van der Waals surface area contributed by atoms with Gasteiger partial charge in [0.15, 0.2) is 0 Å². The molecule has 1 amide bonds. The van der Waals surface area contributed by atoms with E-state index >= 15 is 0 Å². The van der Waals surface area contributed by atoms with E-state index in [4.69, 9.17) is 0 Å². The second kappa shape index (κ2) is 8.72. The molecule has 0 radical (unpaired) electrons. The smallest absolute Gasteiger partial charge is 0.416 e. The van der Waals surface area contributed by atoms with Gasteiger partial charge in [0.25, 0.3) is 0 Å². The number of carbonyl (C=O) groups is 2. The van der Waals surface area contributed by atoms with Crippen molar-refractivity contribution >= 4 is 17.6 Å². The highest BCUT2D eigenvalue weighted by Crippen LogP contribution is 2.48. The summed E-state index contributed by atoms with van der Waals surface area (Å²) in [6, 6.07) is 9.16. The van der Waals surface area contributed by atoms with Crippen LogP contribution in [0.5, 0.6) is 0 Å². The summed E-state index contributed by atoms with van der Waals surface area (Å²) in [6.45, 7) is 0.794. The summed E-state index contributed by atoms with van der Waals surface area (Å²) in [5, 5.41) is 11.7. The van der Waals surface area contributed by atoms with Gasteiger partial charge in [-0.25, -0.2) is 0 Å². The van der Waals surface area contributed by atoms with Gasteiger partial charge in [0, 0.05) is 5.69 Å². The zero-order chi connectivity index (χ0) is 24.6. The van der Waals surface area contributed by atoms with Crippen molar-refractivity contribution in [3.63, 3.8) is 0 Å². The molecule has 1 fully saturated rings. The molecule has 3 rings (SSSR count). The summed E-state index contributed by atoms with van der Waals surface area (Å²) >= 11 is 0. The summed E-state index contributed by atoms with van der Waals surface area (Å²) in [5.41, 5.74) is -1.34. The van der Waals surface area contributed by atoms with Crippen LogP contribution in [0.25, 0.3) is 0 Å². The van der Waals surface area contributed by atoms with E-state index in [1.807, 2.05) is 0 Å². The molecule has 2 aromatic rings. The first-order valence-electron chi connectivity index (χ1n) is 10.1. The Kier molecular flexibility index (Phi) is 6.50. The van der Waals surface area contributed by atoms with Crippen molar-refractivity contribution in [3.05, 3.63) is 65.2 Å². The summed E-state index contributed by atoms with van der Waals surface area (Å²) in [6.07, 6.45) is -8.20. The number of benzene rings is 2. The number of hydrogen-bond donors (Lipinski definition) is 2. The number of carboxylic acid groups (broad SMARTS) is 1. The van der Waals surface area contributed by atoms with Crippen molar-refractivity contribution in [2.75, 3.05) is 5.32 Å². The molecular formula is C23H21F6NO3. The average Bonchev–Trinajstić information content (AvgIpc) is 3.48. The lowest BCUT2D eigenvalue weighted by atomic mass is 9.85. The lowest BCUT2D eigenvalue weighted by Crippen LogP contribution is -2.34. The Labute approximate surface area is 185 Å². The molecule has 0 spiro atoms. The minimum absolute atomic E-state index is 0.171. The van der Waals surface area contributed by atoms with E-state index in [9.17, 15) is 41.0 Å². The van der Waals surface area contributed by atoms with Crippen LogP contribution < -0.4 is 5.32 Å². The largest absolute Gasteiger partial charge is 0.481 e. The van der Waals surface area contributed by atoms with Gasteiger partial charge in [0.05, 0.1) is 22.8 Å². The van der Waals surface area contributed by atoms with Gasteiger partial charge in [-0.2, -0.15) is 26.3 Å². The van der Waals surface area contributed by atoms with Crippen LogP contribution in [0, 0.1) is 11.3 Å². The standard InChI is InChI=1S/C23H21F6NO3/c1-13(22(24,25)26)18(15-5-7-16(8-6-15)23(27,28)29)19(31)30-17-4-2-3-14(11-17)12-21(9-10-21)20(32)33/h2-8,11,13,18H,9-10,12H2,1H3,(H,30,31)(H,32,33). The molecule has 2 atom stereocenters. The first-order valence-corrected chi connectivity index (χ1v) is 10.1. The zero-order valence-electron chi connectivity index (χ0n) is 17.4. The third-order valence-corrected chi connectivity index (χ3v) is 5.94. The van der Waals surface area contributed by atoms with E-state index in [2.05, 4.69) is 5.32 Å². The van der Waals surface area contributed by atoms with Gasteiger partial charge >= 0.3 is 18.3 Å². The number of carbonyl (C=O) groups excluding carboxylic acids is 1. The number of alkyl halides is 6. The van der Waals surface area contributed by atoms with Crippen molar-refractivity contribution in [2.24, 2.45) is 11.3 Å². The van der Waals surface area contributed by atoms with Gasteiger partial charge in [-0.3, -0.25) is 9.59 Å². The Morgan fingerprint density at radius 1 is 1.03 bits per heavy atom. The number of rotatable bonds is 7. The second-order valence-electron chi connectivity index (χ2n) is 8.38. The molecular weight excluding hydrogens is 452 g/mol. The van der Waals surface area contributed by atoms with E-state index in [1.54, 1.807) is 12.1 Å². The first kappa shape index (κ1) is 24.6. The van der Waals surface area contributed by atoms with Gasteiger partial charge in [-0.15, -0.1) is 0 Å². The summed E-state index contributed by atoms with van der Waals surface area (Å²) in [4.78, 5) is 24.3. The molecule has 1 saturated carbocycles. The van der Waals surface area contributed by atoms with Crippen LogP contribution >= 0.6 is 0 Å². The van der Waals surface area contributed by atoms with Crippen LogP contribution in [-0.2, 0) is 22.2 Å². The molecule has 2 aromatic carbocycles. The molecule has 0 heterocycles. The predicted molar refractivity (Wildman–Crippen MR) is 107 cm³/mol. The molecule has 10 heteroatoms. The number of anilines is 1. The lowest BCUT2D eigenvalue weighted by Gasteiger charge is -2.26. The van der Waals surface area contributed by atoms with Gasteiger partial charge in [-0.05, 0) is 54.7 Å². The number of aliphatic carboxylic acids is 1. The minimum Gasteiger partial charge on any atom is -0.481 e. The predicted octanol–water partition coefficient (Wildman–Crippen LogP) is 6.03. The van der Waals surface area contributed by atoms with Crippen molar-refractivity contribution in [1.29, 1.82) is 0 Å². The fraction of sp³-hybridized carbons (Fsp3) is 0.391. The number of nitrogens with one attached hydrogen (secondary N) is 1. The molecule has 0 aliphatic heterocycles. The quantitative estimate of drug-likeness (QED) is 0.483. The molecule has 2 N–H and O–H groups in total. The monoisotopic (exact) mass is 473 g/mol. The Hall–Kier alpha value is -3.04. The normalized spacial score (nSPS) is 17.2. The Morgan fingerprint density at radius 2 is 1.64 bits per heavy atom. The van der Waals surface area contributed by atoms with Crippen molar-refractivity contribution in [3.8, 4) is 0 Å². The van der Waals surface area contributed by atoms with Crippen LogP contribution in [0.2, 0.25) is 0 Å². The number of hydrogen-bond acceptors (Lipinski definition) is 2. The molecule has 1 aliphatic carbocycles. The van der Waals surface area contributed by atoms with Crippen molar-refractivity contribution in [2.45, 2.75) is 44.5 Å². The van der Waals surface area contributed by atoms with Crippen molar-refractivity contribution in [1.82, 2.24) is 0 Å². The van der Waals surface area contributed by atoms with E-state index < -0.39 is 47.0 Å². The van der Waals surface area contributed by atoms with E-state index in [0.29, 0.717) is 30.5 Å². The Morgan fingerprint density at radius 3 is 2.12 bits per heavy atom. The van der Waals surface area contributed by atoms with E-state index in [0.717, 1.165) is 19.1 Å². The molecule has 33 heavy (non-hydrogen) atoms. The second-order valence-corrected chi connectivity index (χ2v) is 8.38. The lowest BCUT2D eigenvalue weighted by molar-refractivity contribution is -0.178. The molecule has 0 aromatic heterocycles. The maximum Gasteiger partial charge on any atom is 0.416 e. The highest BCUT2D eigenvalue weighted by Gasteiger charge is 2.50. The molecule has 178 valence electrons. The molecule has 0 bridgehead atoms.